The summed E-state index contributed by atoms with van der Waals surface area (Å²) >= 11 is 0. The van der Waals surface area contributed by atoms with Crippen LogP contribution in [0.2, 0.25) is 0 Å². The van der Waals surface area contributed by atoms with Crippen molar-refractivity contribution in [1.82, 2.24) is 0 Å². The molecule has 1 aromatic rings. The first-order chi connectivity index (χ1) is 6.95. The van der Waals surface area contributed by atoms with Gasteiger partial charge >= 0.3 is 0 Å². The second-order valence-electron chi connectivity index (χ2n) is 3.15. The Morgan fingerprint density at radius 2 is 1.86 bits per heavy atom. The zero-order valence-corrected chi connectivity index (χ0v) is 8.02. The molecule has 76 valence electrons. The molecule has 3 heteroatoms. The summed E-state index contributed by atoms with van der Waals surface area (Å²) in [4.78, 5) is 0. The van der Waals surface area contributed by atoms with E-state index in [0.717, 1.165) is 25.4 Å². The van der Waals surface area contributed by atoms with Crippen molar-refractivity contribution < 1.29 is 14.2 Å². The van der Waals surface area contributed by atoms with Gasteiger partial charge in [-0.05, 0) is 18.6 Å². The zero-order chi connectivity index (χ0) is 9.64. The van der Waals surface area contributed by atoms with Crippen LogP contribution in [0.3, 0.4) is 0 Å². The molecule has 1 heterocycles. The number of benzene rings is 1. The molecule has 1 aromatic carbocycles. The number of hydrogen-bond acceptors (Lipinski definition) is 3. The van der Waals surface area contributed by atoms with E-state index >= 15 is 0 Å². The van der Waals surface area contributed by atoms with E-state index in [4.69, 9.17) is 14.2 Å². The van der Waals surface area contributed by atoms with Crippen LogP contribution in [0.5, 0.6) is 5.75 Å². The average Bonchev–Trinajstić information content (AvgIpc) is 2.29. The molecule has 0 aliphatic carbocycles. The lowest BCUT2D eigenvalue weighted by atomic mass is 10.3. The average molecular weight is 194 g/mol. The Morgan fingerprint density at radius 3 is 2.57 bits per heavy atom. The van der Waals surface area contributed by atoms with E-state index in [1.165, 1.54) is 0 Å². The summed E-state index contributed by atoms with van der Waals surface area (Å²) in [6.07, 6.45) is 0.769. The van der Waals surface area contributed by atoms with Crippen LogP contribution >= 0.6 is 0 Å². The van der Waals surface area contributed by atoms with Gasteiger partial charge in [-0.3, -0.25) is 0 Å². The van der Waals surface area contributed by atoms with Gasteiger partial charge in [0.15, 0.2) is 6.29 Å². The number of ether oxygens (including phenoxy) is 3. The summed E-state index contributed by atoms with van der Waals surface area (Å²) in [5.74, 6) is 0.852. The molecule has 1 fully saturated rings. The van der Waals surface area contributed by atoms with Crippen molar-refractivity contribution in [3.05, 3.63) is 30.3 Å². The van der Waals surface area contributed by atoms with E-state index in [1.807, 2.05) is 30.3 Å². The lowest BCUT2D eigenvalue weighted by molar-refractivity contribution is -0.191. The van der Waals surface area contributed by atoms with Gasteiger partial charge in [0.05, 0.1) is 13.2 Å². The van der Waals surface area contributed by atoms with Gasteiger partial charge in [-0.15, -0.1) is 0 Å². The monoisotopic (exact) mass is 194 g/mol. The lowest BCUT2D eigenvalue weighted by Crippen LogP contribution is -2.30. The quantitative estimate of drug-likeness (QED) is 0.734. The Morgan fingerprint density at radius 1 is 1.14 bits per heavy atom. The fourth-order valence-electron chi connectivity index (χ4n) is 1.31. The molecule has 0 aromatic heterocycles. The van der Waals surface area contributed by atoms with Crippen molar-refractivity contribution >= 4 is 0 Å². The Kier molecular flexibility index (Phi) is 3.38. The molecule has 0 amide bonds. The smallest absolute Gasteiger partial charge is 0.191 e. The summed E-state index contributed by atoms with van der Waals surface area (Å²) in [5.41, 5.74) is 0. The van der Waals surface area contributed by atoms with E-state index in [1.54, 1.807) is 0 Å². The van der Waals surface area contributed by atoms with Crippen LogP contribution in [0, 0.1) is 0 Å². The predicted octanol–water partition coefficient (Wildman–Crippen LogP) is 1.83. The van der Waals surface area contributed by atoms with E-state index in [9.17, 15) is 0 Å². The van der Waals surface area contributed by atoms with Crippen LogP contribution in [-0.2, 0) is 9.47 Å². The summed E-state index contributed by atoms with van der Waals surface area (Å²) in [6, 6.07) is 9.68. The van der Waals surface area contributed by atoms with Crippen molar-refractivity contribution in [2.24, 2.45) is 0 Å². The topological polar surface area (TPSA) is 27.7 Å². The van der Waals surface area contributed by atoms with Crippen LogP contribution in [0.1, 0.15) is 6.42 Å². The highest BCUT2D eigenvalue weighted by atomic mass is 16.7. The lowest BCUT2D eigenvalue weighted by Gasteiger charge is -2.23. The Labute approximate surface area is 83.6 Å². The summed E-state index contributed by atoms with van der Waals surface area (Å²) in [6.45, 7) is 2.00. The van der Waals surface area contributed by atoms with Crippen LogP contribution in [0.4, 0.5) is 0 Å². The van der Waals surface area contributed by atoms with Crippen molar-refractivity contribution in [2.45, 2.75) is 12.7 Å². The highest BCUT2D eigenvalue weighted by Crippen LogP contribution is 2.11. The van der Waals surface area contributed by atoms with Gasteiger partial charge < -0.3 is 14.2 Å². The van der Waals surface area contributed by atoms with Crippen molar-refractivity contribution in [3.63, 3.8) is 0 Å². The van der Waals surface area contributed by atoms with Crippen LogP contribution in [0.25, 0.3) is 0 Å². The molecule has 2 rings (SSSR count). The van der Waals surface area contributed by atoms with Crippen molar-refractivity contribution in [1.29, 1.82) is 0 Å². The molecular formula is C11H14O3. The minimum atomic E-state index is -0.205. The molecule has 0 radical (unpaired) electrons. The highest BCUT2D eigenvalue weighted by molar-refractivity contribution is 5.20. The maximum atomic E-state index is 5.50. The molecule has 1 aliphatic heterocycles. The Hall–Kier alpha value is -1.06. The van der Waals surface area contributed by atoms with Gasteiger partial charge in [-0.25, -0.2) is 0 Å². The molecule has 14 heavy (non-hydrogen) atoms. The fraction of sp³-hybridized carbons (Fsp3) is 0.455. The van der Waals surface area contributed by atoms with Crippen molar-refractivity contribution in [3.8, 4) is 5.75 Å². The molecule has 0 N–H and O–H groups in total. The second-order valence-corrected chi connectivity index (χ2v) is 3.15. The first-order valence-electron chi connectivity index (χ1n) is 4.86. The molecule has 0 saturated carbocycles. The number of para-hydroxylation sites is 1. The zero-order valence-electron chi connectivity index (χ0n) is 8.02. The maximum absolute atomic E-state index is 5.50. The van der Waals surface area contributed by atoms with Crippen LogP contribution in [0.15, 0.2) is 30.3 Å². The highest BCUT2D eigenvalue weighted by Gasteiger charge is 2.14. The van der Waals surface area contributed by atoms with Gasteiger partial charge in [0.1, 0.15) is 12.4 Å². The number of hydrogen-bond donors (Lipinski definition) is 0. The fourth-order valence-corrected chi connectivity index (χ4v) is 1.31. The first kappa shape index (κ1) is 9.49. The summed E-state index contributed by atoms with van der Waals surface area (Å²) in [5, 5.41) is 0. The molecule has 1 saturated heterocycles. The molecule has 0 atom stereocenters. The van der Waals surface area contributed by atoms with E-state index in [0.29, 0.717) is 6.61 Å². The predicted molar refractivity (Wildman–Crippen MR) is 52.2 cm³/mol. The van der Waals surface area contributed by atoms with Gasteiger partial charge in [0.2, 0.25) is 0 Å². The van der Waals surface area contributed by atoms with Gasteiger partial charge in [0.25, 0.3) is 0 Å². The largest absolute Gasteiger partial charge is 0.488 e. The van der Waals surface area contributed by atoms with E-state index in [-0.39, 0.29) is 6.29 Å². The van der Waals surface area contributed by atoms with E-state index in [2.05, 4.69) is 0 Å². The number of rotatable bonds is 3. The van der Waals surface area contributed by atoms with E-state index < -0.39 is 0 Å². The molecule has 0 unspecified atom stereocenters. The van der Waals surface area contributed by atoms with Gasteiger partial charge in [-0.1, -0.05) is 18.2 Å². The normalized spacial score (nSPS) is 18.0. The molecule has 3 nitrogen and oxygen atoms in total. The molecule has 1 aliphatic rings. The minimum absolute atomic E-state index is 0.205. The standard InChI is InChI=1S/C11H14O3/c1-2-5-10(6-3-1)14-9-11-12-7-4-8-13-11/h1-3,5-6,11H,4,7-9H2. The second kappa shape index (κ2) is 4.98. The summed E-state index contributed by atoms with van der Waals surface area (Å²) in [7, 11) is 0. The molecule has 0 bridgehead atoms. The minimum Gasteiger partial charge on any atom is -0.488 e. The third-order valence-electron chi connectivity index (χ3n) is 2.03. The first-order valence-corrected chi connectivity index (χ1v) is 4.86. The Bertz CT molecular complexity index is 254. The summed E-state index contributed by atoms with van der Waals surface area (Å²) < 4.78 is 16.2. The van der Waals surface area contributed by atoms with Gasteiger partial charge in [-0.2, -0.15) is 0 Å². The molecule has 0 spiro atoms. The van der Waals surface area contributed by atoms with Crippen LogP contribution < -0.4 is 4.74 Å². The Balaban J connectivity index is 1.76. The third kappa shape index (κ3) is 2.72. The maximum Gasteiger partial charge on any atom is 0.191 e. The third-order valence-corrected chi connectivity index (χ3v) is 2.03. The SMILES string of the molecule is c1ccc(OCC2OCCCO2)cc1. The van der Waals surface area contributed by atoms with Crippen molar-refractivity contribution in [2.75, 3.05) is 19.8 Å². The van der Waals surface area contributed by atoms with Gasteiger partial charge in [0, 0.05) is 0 Å². The molecular weight excluding hydrogens is 180 g/mol. The van der Waals surface area contributed by atoms with Crippen LogP contribution in [-0.4, -0.2) is 26.1 Å².